The largest absolute Gasteiger partial charge is 0.392 e. The predicted octanol–water partition coefficient (Wildman–Crippen LogP) is -3.31. The van der Waals surface area contributed by atoms with Crippen LogP contribution in [-0.2, 0) is 33.4 Å². The standard InChI is InChI=1S/C39H62N6O13/c1-5-20-23(56-4)12-24(30-28(20)31(49)21-10-17(2)22(14-44-37(41)42-3)32(50)29(21)33(30)51)57-36-34(52)35(53)38(54,39(55,16-46)58-36)13-19(18-8-9-43-25(40)11-18)15-45-26(47)6-7-27(45)48/h6-7,17-25,28-30,32,34-36,43,46,50,52-55H,5,8-16,40H2,1-4H3,(H3,41,42,44)/t17?,18?,19-,20?,21?,22?,23?,24?,25?,28?,29?,30?,32?,34-,35-,36+,38+,39-/m1/s1. The zero-order valence-corrected chi connectivity index (χ0v) is 33.6. The first kappa shape index (κ1) is 44.6. The molecule has 12 N–H and O–H groups in total. The van der Waals surface area contributed by atoms with E-state index in [2.05, 4.69) is 15.6 Å². The molecule has 326 valence electrons. The summed E-state index contributed by atoms with van der Waals surface area (Å²) in [5.74, 6) is -10.6. The molecule has 0 radical (unpaired) electrons. The van der Waals surface area contributed by atoms with E-state index in [0.717, 1.165) is 17.1 Å². The fourth-order valence-corrected chi connectivity index (χ4v) is 11.1. The number of hydrogen-bond donors (Lipinski definition) is 10. The van der Waals surface area contributed by atoms with E-state index in [1.54, 1.807) is 0 Å². The van der Waals surface area contributed by atoms with Crippen molar-refractivity contribution in [1.82, 2.24) is 15.5 Å². The Bertz CT molecular complexity index is 1600. The third-order valence-electron chi connectivity index (χ3n) is 14.3. The number of aliphatic imine (C=N–C) groups is 1. The van der Waals surface area contributed by atoms with E-state index in [-0.39, 0.29) is 43.1 Å². The monoisotopic (exact) mass is 822 g/mol. The van der Waals surface area contributed by atoms with Crippen molar-refractivity contribution < 1.29 is 64.0 Å². The number of carbonyl (C=O) groups excluding carboxylic acids is 4. The Morgan fingerprint density at radius 3 is 2.33 bits per heavy atom. The zero-order chi connectivity index (χ0) is 42.4. The number of nitrogens with two attached hydrogens (primary N) is 2. The molecule has 3 aliphatic carbocycles. The van der Waals surface area contributed by atoms with Crippen LogP contribution >= 0.6 is 0 Å². The molecule has 3 heterocycles. The minimum atomic E-state index is -2.99. The second-order valence-corrected chi connectivity index (χ2v) is 17.3. The first-order valence-corrected chi connectivity index (χ1v) is 20.5. The Balaban J connectivity index is 1.29. The van der Waals surface area contributed by atoms with Gasteiger partial charge < -0.3 is 67.0 Å². The number of hydrogen-bond acceptors (Lipinski definition) is 16. The lowest BCUT2D eigenvalue weighted by Crippen LogP contribution is -2.75. The summed E-state index contributed by atoms with van der Waals surface area (Å²) in [4.78, 5) is 59.4. The van der Waals surface area contributed by atoms with Crippen molar-refractivity contribution in [2.75, 3.05) is 40.4 Å². The number of methoxy groups -OCH3 is 1. The van der Waals surface area contributed by atoms with E-state index < -0.39 is 126 Å². The Morgan fingerprint density at radius 2 is 1.72 bits per heavy atom. The molecular weight excluding hydrogens is 760 g/mol. The number of aliphatic hydroxyl groups is 6. The minimum absolute atomic E-state index is 0.0298. The maximum atomic E-state index is 14.8. The lowest BCUT2D eigenvalue weighted by molar-refractivity contribution is -0.437. The topological polar surface area (TPSA) is 309 Å². The van der Waals surface area contributed by atoms with Gasteiger partial charge in [0.05, 0.1) is 36.3 Å². The van der Waals surface area contributed by atoms with Gasteiger partial charge in [0.1, 0.15) is 36.0 Å². The second kappa shape index (κ2) is 17.6. The van der Waals surface area contributed by atoms with Crippen molar-refractivity contribution in [2.45, 2.75) is 107 Å². The molecular formula is C39H62N6O13. The smallest absolute Gasteiger partial charge is 0.253 e. The number of piperidine rings is 1. The molecule has 6 rings (SSSR count). The highest BCUT2D eigenvalue weighted by atomic mass is 16.8. The van der Waals surface area contributed by atoms with Crippen LogP contribution in [0.3, 0.4) is 0 Å². The van der Waals surface area contributed by atoms with Gasteiger partial charge in [-0.05, 0) is 55.9 Å². The number of amides is 2. The average Bonchev–Trinajstić information content (AvgIpc) is 3.52. The van der Waals surface area contributed by atoms with E-state index in [9.17, 15) is 49.8 Å². The summed E-state index contributed by atoms with van der Waals surface area (Å²) in [6, 6.07) is 0. The van der Waals surface area contributed by atoms with Crippen LogP contribution in [0.4, 0.5) is 0 Å². The van der Waals surface area contributed by atoms with E-state index in [1.807, 2.05) is 13.8 Å². The van der Waals surface area contributed by atoms with Crippen molar-refractivity contribution in [2.24, 2.45) is 69.7 Å². The molecule has 19 nitrogen and oxygen atoms in total. The Kier molecular flexibility index (Phi) is 13.5. The van der Waals surface area contributed by atoms with Crippen LogP contribution in [0.25, 0.3) is 0 Å². The van der Waals surface area contributed by atoms with Crippen LogP contribution in [-0.4, -0.2) is 160 Å². The Labute approximate surface area is 337 Å². The number of nitrogens with one attached hydrogen (secondary N) is 2. The van der Waals surface area contributed by atoms with Gasteiger partial charge in [-0.3, -0.25) is 29.1 Å². The van der Waals surface area contributed by atoms with Gasteiger partial charge in [0.2, 0.25) is 5.79 Å². The highest BCUT2D eigenvalue weighted by Crippen LogP contribution is 2.53. The SMILES string of the molecule is CCC1C(OC)CC(O[C@H]2O[C@](O)(CO)[C@](O)(C[C@H](CN3C(=O)C=CC3=O)C3CCNC(N)C3)[C@H](O)[C@H]2O)C2C(=O)C3C(CC(C)C(CNC(N)=NC)C3O)C(=O)C12. The molecule has 19 heteroatoms. The van der Waals surface area contributed by atoms with Gasteiger partial charge in [-0.2, -0.15) is 0 Å². The number of rotatable bonds is 12. The van der Waals surface area contributed by atoms with Crippen molar-refractivity contribution in [3.63, 3.8) is 0 Å². The van der Waals surface area contributed by atoms with Crippen LogP contribution in [0.2, 0.25) is 0 Å². The maximum absolute atomic E-state index is 14.8. The van der Waals surface area contributed by atoms with Crippen molar-refractivity contribution in [3.8, 4) is 0 Å². The molecule has 6 aliphatic rings. The molecule has 58 heavy (non-hydrogen) atoms. The first-order chi connectivity index (χ1) is 27.4. The molecule has 2 amide bonds. The quantitative estimate of drug-likeness (QED) is 0.0524. The molecule has 0 aromatic rings. The van der Waals surface area contributed by atoms with Gasteiger partial charge in [-0.25, -0.2) is 0 Å². The fourth-order valence-electron chi connectivity index (χ4n) is 11.1. The molecule has 0 aromatic carbocycles. The van der Waals surface area contributed by atoms with Gasteiger partial charge in [-0.1, -0.05) is 20.3 Å². The maximum Gasteiger partial charge on any atom is 0.253 e. The first-order valence-electron chi connectivity index (χ1n) is 20.5. The zero-order valence-electron chi connectivity index (χ0n) is 33.6. The molecule has 18 atom stereocenters. The molecule has 3 saturated carbocycles. The number of imide groups is 1. The fraction of sp³-hybridized carbons (Fsp3) is 0.821. The molecule has 0 bridgehead atoms. The summed E-state index contributed by atoms with van der Waals surface area (Å²) in [5, 5.41) is 76.0. The number of nitrogens with zero attached hydrogens (tertiary/aromatic N) is 2. The number of Topliss-reactive ketones (excluding diaryl/α,β-unsaturated/α-hetero) is 2. The Hall–Kier alpha value is -2.95. The summed E-state index contributed by atoms with van der Waals surface area (Å²) in [7, 11) is 2.99. The number of aliphatic hydroxyl groups excluding tert-OH is 4. The van der Waals surface area contributed by atoms with Crippen LogP contribution in [0, 0.1) is 53.3 Å². The van der Waals surface area contributed by atoms with Gasteiger partial charge in [-0.15, -0.1) is 0 Å². The lowest BCUT2D eigenvalue weighted by Gasteiger charge is -2.56. The van der Waals surface area contributed by atoms with Gasteiger partial charge in [0.25, 0.3) is 11.8 Å². The van der Waals surface area contributed by atoms with Gasteiger partial charge >= 0.3 is 0 Å². The number of ether oxygens (including phenoxy) is 3. The Morgan fingerprint density at radius 1 is 1.03 bits per heavy atom. The third kappa shape index (κ3) is 7.88. The average molecular weight is 823 g/mol. The third-order valence-corrected chi connectivity index (χ3v) is 14.3. The molecule has 3 aliphatic heterocycles. The normalized spacial score (nSPS) is 45.3. The van der Waals surface area contributed by atoms with E-state index >= 15 is 0 Å². The summed E-state index contributed by atoms with van der Waals surface area (Å²) < 4.78 is 18.0. The van der Waals surface area contributed by atoms with Crippen LogP contribution in [0.1, 0.15) is 52.4 Å². The molecule has 12 unspecified atom stereocenters. The van der Waals surface area contributed by atoms with E-state index in [4.69, 9.17) is 25.7 Å². The van der Waals surface area contributed by atoms with Crippen molar-refractivity contribution >= 4 is 29.3 Å². The van der Waals surface area contributed by atoms with E-state index in [1.165, 1.54) is 14.2 Å². The number of fused-ring (bicyclic) bond motifs is 2. The molecule has 2 saturated heterocycles. The summed E-state index contributed by atoms with van der Waals surface area (Å²) >= 11 is 0. The summed E-state index contributed by atoms with van der Waals surface area (Å²) in [6.45, 7) is 2.96. The molecule has 0 aromatic heterocycles. The number of ketones is 2. The highest BCUT2D eigenvalue weighted by Gasteiger charge is 2.67. The highest BCUT2D eigenvalue weighted by molar-refractivity contribution is 6.12. The van der Waals surface area contributed by atoms with Gasteiger partial charge in [0.15, 0.2) is 12.2 Å². The lowest BCUT2D eigenvalue weighted by atomic mass is 9.51. The van der Waals surface area contributed by atoms with Crippen molar-refractivity contribution in [1.29, 1.82) is 0 Å². The summed E-state index contributed by atoms with van der Waals surface area (Å²) in [5.41, 5.74) is 9.25. The predicted molar refractivity (Wildman–Crippen MR) is 203 cm³/mol. The second-order valence-electron chi connectivity index (χ2n) is 17.3. The minimum Gasteiger partial charge on any atom is -0.392 e. The van der Waals surface area contributed by atoms with Crippen LogP contribution in [0.5, 0.6) is 0 Å². The van der Waals surface area contributed by atoms with Crippen LogP contribution in [0.15, 0.2) is 17.1 Å². The molecule has 5 fully saturated rings. The van der Waals surface area contributed by atoms with E-state index in [0.29, 0.717) is 32.2 Å². The number of guanidine groups is 1. The summed E-state index contributed by atoms with van der Waals surface area (Å²) in [6.07, 6.45) is -6.40. The van der Waals surface area contributed by atoms with Crippen molar-refractivity contribution in [3.05, 3.63) is 12.2 Å². The molecule has 0 spiro atoms. The van der Waals surface area contributed by atoms with Crippen LogP contribution < -0.4 is 22.1 Å². The van der Waals surface area contributed by atoms with Gasteiger partial charge in [0, 0.05) is 63.6 Å². The number of carbonyl (C=O) groups is 4.